The zero-order valence-electron chi connectivity index (χ0n) is 17.9. The van der Waals surface area contributed by atoms with Gasteiger partial charge in [0.05, 0.1) is 38.2 Å². The van der Waals surface area contributed by atoms with Crippen LogP contribution in [0, 0.1) is 5.82 Å². The van der Waals surface area contributed by atoms with Gasteiger partial charge in [-0.25, -0.2) is 4.39 Å². The molecule has 2 aromatic carbocycles. The van der Waals surface area contributed by atoms with E-state index in [-0.39, 0.29) is 23.5 Å². The third kappa shape index (κ3) is 4.94. The van der Waals surface area contributed by atoms with Crippen LogP contribution in [0.3, 0.4) is 0 Å². The zero-order chi connectivity index (χ0) is 22.5. The minimum absolute atomic E-state index is 0.0573. The first kappa shape index (κ1) is 22.3. The molecule has 0 saturated carbocycles. The van der Waals surface area contributed by atoms with E-state index in [4.69, 9.17) is 14.2 Å². The monoisotopic (exact) mass is 457 g/mol. The van der Waals surface area contributed by atoms with E-state index in [0.717, 1.165) is 25.0 Å². The molecule has 3 aromatic rings. The molecule has 0 amide bonds. The number of aromatic nitrogens is 3. The van der Waals surface area contributed by atoms with E-state index in [1.165, 1.54) is 31.0 Å². The van der Waals surface area contributed by atoms with Gasteiger partial charge in [-0.05, 0) is 49.2 Å². The van der Waals surface area contributed by atoms with Crippen LogP contribution in [0.4, 0.5) is 4.39 Å². The second kappa shape index (κ2) is 10.1. The molecule has 1 atom stereocenters. The average molecular weight is 458 g/mol. The summed E-state index contributed by atoms with van der Waals surface area (Å²) in [7, 11) is 3.08. The van der Waals surface area contributed by atoms with E-state index in [2.05, 4.69) is 10.2 Å². The molecule has 0 N–H and O–H groups in total. The molecule has 32 heavy (non-hydrogen) atoms. The van der Waals surface area contributed by atoms with Gasteiger partial charge >= 0.3 is 0 Å². The highest BCUT2D eigenvalue weighted by molar-refractivity contribution is 7.99. The summed E-state index contributed by atoms with van der Waals surface area (Å²) in [5.74, 6) is 1.46. The highest BCUT2D eigenvalue weighted by atomic mass is 32.2. The van der Waals surface area contributed by atoms with E-state index in [1.807, 2.05) is 4.57 Å². The molecule has 1 aliphatic heterocycles. The van der Waals surface area contributed by atoms with Gasteiger partial charge in [0.25, 0.3) is 0 Å². The first-order valence-electron chi connectivity index (χ1n) is 10.3. The maximum atomic E-state index is 13.4. The molecule has 0 spiro atoms. The van der Waals surface area contributed by atoms with Crippen LogP contribution in [0.2, 0.25) is 0 Å². The fourth-order valence-electron chi connectivity index (χ4n) is 3.60. The van der Waals surface area contributed by atoms with Gasteiger partial charge < -0.3 is 14.2 Å². The number of ether oxygens (including phenoxy) is 3. The summed E-state index contributed by atoms with van der Waals surface area (Å²) in [6, 6.07) is 11.2. The predicted octanol–water partition coefficient (Wildman–Crippen LogP) is 4.26. The molecular weight excluding hydrogens is 433 g/mol. The van der Waals surface area contributed by atoms with Gasteiger partial charge in [-0.15, -0.1) is 10.2 Å². The van der Waals surface area contributed by atoms with E-state index in [0.29, 0.717) is 34.6 Å². The van der Waals surface area contributed by atoms with Crippen molar-refractivity contribution in [2.45, 2.75) is 30.6 Å². The Morgan fingerprint density at radius 2 is 2.00 bits per heavy atom. The smallest absolute Gasteiger partial charge is 0.192 e. The Balaban J connectivity index is 1.56. The van der Waals surface area contributed by atoms with Crippen LogP contribution in [0.1, 0.15) is 23.2 Å². The number of Topliss-reactive ketones (excluding diaryl/α,β-unsaturated/α-hetero) is 1. The molecule has 168 valence electrons. The normalized spacial score (nSPS) is 15.7. The first-order chi connectivity index (χ1) is 15.6. The summed E-state index contributed by atoms with van der Waals surface area (Å²) in [4.78, 5) is 12.9. The summed E-state index contributed by atoms with van der Waals surface area (Å²) in [5.41, 5.74) is 1.23. The number of carbonyl (C=O) groups is 1. The number of carbonyl (C=O) groups excluding carboxylic acids is 1. The Labute approximate surface area is 189 Å². The standard InChI is InChI=1S/C23H24FN3O4S/c1-29-17-9-10-19(21(12-17)30-2)20(28)14-32-23-26-25-22(15-5-7-16(24)8-6-15)27(23)13-18-4-3-11-31-18/h5-10,12,18H,3-4,11,13-14H2,1-2H3. The fourth-order valence-corrected chi connectivity index (χ4v) is 4.43. The van der Waals surface area contributed by atoms with Gasteiger partial charge in [-0.1, -0.05) is 11.8 Å². The van der Waals surface area contributed by atoms with E-state index < -0.39 is 0 Å². The SMILES string of the molecule is COc1ccc(C(=O)CSc2nnc(-c3ccc(F)cc3)n2CC2CCCO2)c(OC)c1. The second-order valence-corrected chi connectivity index (χ2v) is 8.28. The molecule has 7 nitrogen and oxygen atoms in total. The summed E-state index contributed by atoms with van der Waals surface area (Å²) < 4.78 is 31.7. The largest absolute Gasteiger partial charge is 0.497 e. The Morgan fingerprint density at radius 3 is 2.69 bits per heavy atom. The molecule has 1 aliphatic rings. The molecule has 4 rings (SSSR count). The maximum Gasteiger partial charge on any atom is 0.192 e. The lowest BCUT2D eigenvalue weighted by molar-refractivity contribution is 0.0953. The topological polar surface area (TPSA) is 75.5 Å². The number of hydrogen-bond donors (Lipinski definition) is 0. The molecule has 2 heterocycles. The van der Waals surface area contributed by atoms with Crippen molar-refractivity contribution in [3.63, 3.8) is 0 Å². The highest BCUT2D eigenvalue weighted by Gasteiger charge is 2.23. The van der Waals surface area contributed by atoms with E-state index in [9.17, 15) is 9.18 Å². The predicted molar refractivity (Wildman–Crippen MR) is 119 cm³/mol. The van der Waals surface area contributed by atoms with Gasteiger partial charge in [-0.2, -0.15) is 0 Å². The number of ketones is 1. The lowest BCUT2D eigenvalue weighted by atomic mass is 10.1. The molecule has 0 aliphatic carbocycles. The first-order valence-corrected chi connectivity index (χ1v) is 11.3. The van der Waals surface area contributed by atoms with Crippen molar-refractivity contribution in [3.05, 3.63) is 53.8 Å². The number of methoxy groups -OCH3 is 2. The lowest BCUT2D eigenvalue weighted by Crippen LogP contribution is -2.17. The number of benzene rings is 2. The van der Waals surface area contributed by atoms with Crippen molar-refractivity contribution < 1.29 is 23.4 Å². The summed E-state index contributed by atoms with van der Waals surface area (Å²) >= 11 is 1.30. The van der Waals surface area contributed by atoms with Crippen LogP contribution in [0.5, 0.6) is 11.5 Å². The van der Waals surface area contributed by atoms with Crippen molar-refractivity contribution in [3.8, 4) is 22.9 Å². The molecule has 0 radical (unpaired) electrons. The number of rotatable bonds is 9. The highest BCUT2D eigenvalue weighted by Crippen LogP contribution is 2.29. The average Bonchev–Trinajstić information content (AvgIpc) is 3.48. The molecular formula is C23H24FN3O4S. The maximum absolute atomic E-state index is 13.4. The molecule has 1 fully saturated rings. The van der Waals surface area contributed by atoms with Crippen LogP contribution in [-0.4, -0.2) is 53.2 Å². The summed E-state index contributed by atoms with van der Waals surface area (Å²) in [6.07, 6.45) is 2.02. The number of halogens is 1. The van der Waals surface area contributed by atoms with E-state index in [1.54, 1.807) is 37.4 Å². The summed E-state index contributed by atoms with van der Waals surface area (Å²) in [6.45, 7) is 1.30. The third-order valence-electron chi connectivity index (χ3n) is 5.27. The Kier molecular flexibility index (Phi) is 7.06. The minimum atomic E-state index is -0.312. The third-order valence-corrected chi connectivity index (χ3v) is 6.24. The van der Waals surface area contributed by atoms with Crippen molar-refractivity contribution in [1.29, 1.82) is 0 Å². The van der Waals surface area contributed by atoms with Crippen molar-refractivity contribution >= 4 is 17.5 Å². The second-order valence-electron chi connectivity index (χ2n) is 7.34. The van der Waals surface area contributed by atoms with Gasteiger partial charge in [-0.3, -0.25) is 9.36 Å². The Hall–Kier alpha value is -2.91. The molecule has 9 heteroatoms. The van der Waals surface area contributed by atoms with Gasteiger partial charge in [0, 0.05) is 18.2 Å². The fraction of sp³-hybridized carbons (Fsp3) is 0.348. The Bertz CT molecular complexity index is 1080. The van der Waals surface area contributed by atoms with Crippen molar-refractivity contribution in [1.82, 2.24) is 14.8 Å². The van der Waals surface area contributed by atoms with Gasteiger partial charge in [0.2, 0.25) is 0 Å². The molecule has 1 saturated heterocycles. The van der Waals surface area contributed by atoms with Crippen LogP contribution in [0.25, 0.3) is 11.4 Å². The number of thioether (sulfide) groups is 1. The molecule has 1 unspecified atom stereocenters. The molecule has 1 aromatic heterocycles. The van der Waals surface area contributed by atoms with Crippen LogP contribution in [-0.2, 0) is 11.3 Å². The van der Waals surface area contributed by atoms with Crippen molar-refractivity contribution in [2.75, 3.05) is 26.6 Å². The minimum Gasteiger partial charge on any atom is -0.497 e. The van der Waals surface area contributed by atoms with Crippen LogP contribution >= 0.6 is 11.8 Å². The van der Waals surface area contributed by atoms with Crippen LogP contribution in [0.15, 0.2) is 47.6 Å². The lowest BCUT2D eigenvalue weighted by Gasteiger charge is -2.15. The zero-order valence-corrected chi connectivity index (χ0v) is 18.7. The number of hydrogen-bond acceptors (Lipinski definition) is 7. The van der Waals surface area contributed by atoms with Crippen molar-refractivity contribution in [2.24, 2.45) is 0 Å². The Morgan fingerprint density at radius 1 is 1.19 bits per heavy atom. The van der Waals surface area contributed by atoms with Gasteiger partial charge in [0.15, 0.2) is 16.8 Å². The molecule has 0 bridgehead atoms. The van der Waals surface area contributed by atoms with E-state index >= 15 is 0 Å². The number of nitrogens with zero attached hydrogens (tertiary/aromatic N) is 3. The van der Waals surface area contributed by atoms with Crippen LogP contribution < -0.4 is 9.47 Å². The summed E-state index contributed by atoms with van der Waals surface area (Å²) in [5, 5.41) is 9.25. The quantitative estimate of drug-likeness (QED) is 0.351. The van der Waals surface area contributed by atoms with Gasteiger partial charge in [0.1, 0.15) is 17.3 Å².